The molecule has 1 heterocycles. The Bertz CT molecular complexity index is 1190. The largest absolute Gasteiger partial charge is 0.497 e. The predicted octanol–water partition coefficient (Wildman–Crippen LogP) is 5.58. The van der Waals surface area contributed by atoms with Crippen LogP contribution in [0, 0.1) is 5.41 Å². The van der Waals surface area contributed by atoms with E-state index in [2.05, 4.69) is 53.5 Å². The summed E-state index contributed by atoms with van der Waals surface area (Å²) in [5, 5.41) is 18.5. The molecule has 9 heteroatoms. The molecule has 0 aliphatic carbocycles. The van der Waals surface area contributed by atoms with E-state index in [0.29, 0.717) is 38.5 Å². The molecule has 3 aromatic rings. The number of methoxy groups -OCH3 is 2. The number of carboxylic acid groups (broad SMARTS) is 1. The topological polar surface area (TPSA) is 109 Å². The minimum Gasteiger partial charge on any atom is -0.497 e. The minimum atomic E-state index is -0.905. The third kappa shape index (κ3) is 7.22. The third-order valence-electron chi connectivity index (χ3n) is 6.44. The van der Waals surface area contributed by atoms with Crippen molar-refractivity contribution in [1.82, 2.24) is 14.9 Å². The summed E-state index contributed by atoms with van der Waals surface area (Å²) in [5.74, 6) is 1.32. The van der Waals surface area contributed by atoms with Crippen molar-refractivity contribution < 1.29 is 19.4 Å². The first-order valence-corrected chi connectivity index (χ1v) is 12.5. The zero-order valence-corrected chi connectivity index (χ0v) is 22.7. The van der Waals surface area contributed by atoms with E-state index < -0.39 is 6.09 Å². The van der Waals surface area contributed by atoms with Crippen LogP contribution in [0.25, 0.3) is 22.0 Å². The van der Waals surface area contributed by atoms with Gasteiger partial charge in [0.25, 0.3) is 0 Å². The summed E-state index contributed by atoms with van der Waals surface area (Å²) < 4.78 is 10.7. The van der Waals surface area contributed by atoms with Gasteiger partial charge in [-0.1, -0.05) is 26.8 Å². The number of hydrogen-bond acceptors (Lipinski definition) is 7. The van der Waals surface area contributed by atoms with Gasteiger partial charge in [-0.3, -0.25) is 0 Å². The summed E-state index contributed by atoms with van der Waals surface area (Å²) in [6, 6.07) is 11.9. The molecular formula is C28H39N5O4. The standard InChI is InChI=1S/C28H39N5O4/c1-28(2,3)25(11-15-36-5)33(27(34)35)14-7-12-30-24-17-20(23-10-13-31-26(29-4)32-23)16-19-8-9-21(37-6)18-22(19)24/h8-10,13,16-18,25,30H,7,11-12,14-15H2,1-6H3,(H,34,35)(H,29,31,32). The van der Waals surface area contributed by atoms with Gasteiger partial charge in [-0.05, 0) is 54.0 Å². The van der Waals surface area contributed by atoms with Crippen molar-refractivity contribution in [3.8, 4) is 17.0 Å². The Morgan fingerprint density at radius 3 is 2.59 bits per heavy atom. The van der Waals surface area contributed by atoms with Crippen LogP contribution >= 0.6 is 0 Å². The van der Waals surface area contributed by atoms with E-state index in [1.165, 1.54) is 0 Å². The Morgan fingerprint density at radius 1 is 1.16 bits per heavy atom. The number of nitrogens with zero attached hydrogens (tertiary/aromatic N) is 3. The van der Waals surface area contributed by atoms with Crippen LogP contribution in [0.4, 0.5) is 16.4 Å². The van der Waals surface area contributed by atoms with Gasteiger partial charge in [-0.2, -0.15) is 0 Å². The maximum absolute atomic E-state index is 12.1. The zero-order valence-electron chi connectivity index (χ0n) is 22.7. The highest BCUT2D eigenvalue weighted by Crippen LogP contribution is 2.33. The molecule has 0 aliphatic heterocycles. The van der Waals surface area contributed by atoms with E-state index in [1.54, 1.807) is 32.4 Å². The van der Waals surface area contributed by atoms with Gasteiger partial charge < -0.3 is 30.1 Å². The number of anilines is 2. The molecule has 3 N–H and O–H groups in total. The second-order valence-electron chi connectivity index (χ2n) is 10.0. The first-order valence-electron chi connectivity index (χ1n) is 12.5. The molecule has 200 valence electrons. The van der Waals surface area contributed by atoms with Crippen molar-refractivity contribution in [3.63, 3.8) is 0 Å². The van der Waals surface area contributed by atoms with Crippen molar-refractivity contribution in [2.24, 2.45) is 5.41 Å². The molecule has 37 heavy (non-hydrogen) atoms. The lowest BCUT2D eigenvalue weighted by Crippen LogP contribution is -2.48. The molecule has 1 atom stereocenters. The summed E-state index contributed by atoms with van der Waals surface area (Å²) in [7, 11) is 5.08. The van der Waals surface area contributed by atoms with Gasteiger partial charge in [0.1, 0.15) is 5.75 Å². The molecule has 0 bridgehead atoms. The monoisotopic (exact) mass is 509 g/mol. The van der Waals surface area contributed by atoms with Crippen molar-refractivity contribution in [3.05, 3.63) is 42.6 Å². The van der Waals surface area contributed by atoms with E-state index in [1.807, 2.05) is 24.3 Å². The van der Waals surface area contributed by atoms with Crippen molar-refractivity contribution in [1.29, 1.82) is 0 Å². The molecule has 0 saturated heterocycles. The van der Waals surface area contributed by atoms with Gasteiger partial charge in [0, 0.05) is 62.7 Å². The van der Waals surface area contributed by atoms with Crippen LogP contribution in [-0.4, -0.2) is 73.1 Å². The lowest BCUT2D eigenvalue weighted by Gasteiger charge is -2.38. The van der Waals surface area contributed by atoms with Crippen LogP contribution in [0.5, 0.6) is 5.75 Å². The summed E-state index contributed by atoms with van der Waals surface area (Å²) >= 11 is 0. The van der Waals surface area contributed by atoms with Gasteiger partial charge in [-0.15, -0.1) is 0 Å². The maximum Gasteiger partial charge on any atom is 0.407 e. The molecule has 0 fully saturated rings. The van der Waals surface area contributed by atoms with Crippen LogP contribution < -0.4 is 15.4 Å². The number of fused-ring (bicyclic) bond motifs is 1. The second kappa shape index (κ2) is 12.6. The summed E-state index contributed by atoms with van der Waals surface area (Å²) in [6.45, 7) is 7.75. The fourth-order valence-electron chi connectivity index (χ4n) is 4.54. The first kappa shape index (κ1) is 28.0. The van der Waals surface area contributed by atoms with Crippen LogP contribution in [0.1, 0.15) is 33.6 Å². The Morgan fingerprint density at radius 2 is 1.95 bits per heavy atom. The quantitative estimate of drug-likeness (QED) is 0.272. The van der Waals surface area contributed by atoms with Gasteiger partial charge in [0.2, 0.25) is 5.95 Å². The molecule has 1 aromatic heterocycles. The molecule has 0 radical (unpaired) electrons. The zero-order chi connectivity index (χ0) is 27.0. The first-order chi connectivity index (χ1) is 17.7. The summed E-state index contributed by atoms with van der Waals surface area (Å²) in [4.78, 5) is 22.5. The van der Waals surface area contributed by atoms with Crippen LogP contribution in [0.15, 0.2) is 42.6 Å². The second-order valence-corrected chi connectivity index (χ2v) is 10.0. The number of nitrogens with one attached hydrogen (secondary N) is 2. The molecule has 1 unspecified atom stereocenters. The highest BCUT2D eigenvalue weighted by atomic mass is 16.5. The van der Waals surface area contributed by atoms with Crippen LogP contribution in [0.3, 0.4) is 0 Å². The fourth-order valence-corrected chi connectivity index (χ4v) is 4.54. The Hall–Kier alpha value is -3.59. The number of benzene rings is 2. The fraction of sp³-hybridized carbons (Fsp3) is 0.464. The Balaban J connectivity index is 1.83. The SMILES string of the molecule is CNc1nccc(-c2cc(NCCCN(C(=O)O)C(CCOC)C(C)(C)C)c3cc(OC)ccc3c2)n1. The molecule has 0 spiro atoms. The Kier molecular flexibility index (Phi) is 9.52. The van der Waals surface area contributed by atoms with Gasteiger partial charge in [0.15, 0.2) is 0 Å². The number of hydrogen-bond donors (Lipinski definition) is 3. The minimum absolute atomic E-state index is 0.141. The van der Waals surface area contributed by atoms with Crippen molar-refractivity contribution >= 4 is 28.5 Å². The van der Waals surface area contributed by atoms with Crippen LogP contribution in [0.2, 0.25) is 0 Å². The van der Waals surface area contributed by atoms with E-state index in [0.717, 1.165) is 33.5 Å². The lowest BCUT2D eigenvalue weighted by molar-refractivity contribution is 0.0601. The van der Waals surface area contributed by atoms with Crippen LogP contribution in [-0.2, 0) is 4.74 Å². The maximum atomic E-state index is 12.1. The number of amides is 1. The smallest absolute Gasteiger partial charge is 0.407 e. The number of carbonyl (C=O) groups is 1. The van der Waals surface area contributed by atoms with Gasteiger partial charge >= 0.3 is 6.09 Å². The van der Waals surface area contributed by atoms with Crippen molar-refractivity contribution in [2.45, 2.75) is 39.7 Å². The van der Waals surface area contributed by atoms with E-state index in [9.17, 15) is 9.90 Å². The van der Waals surface area contributed by atoms with Gasteiger partial charge in [-0.25, -0.2) is 14.8 Å². The molecule has 3 rings (SSSR count). The number of aromatic nitrogens is 2. The number of rotatable bonds is 12. The van der Waals surface area contributed by atoms with E-state index >= 15 is 0 Å². The van der Waals surface area contributed by atoms with Crippen molar-refractivity contribution in [2.75, 3.05) is 51.6 Å². The Labute approximate surface area is 219 Å². The number of ether oxygens (including phenoxy) is 2. The molecule has 0 saturated carbocycles. The third-order valence-corrected chi connectivity index (χ3v) is 6.44. The highest BCUT2D eigenvalue weighted by Gasteiger charge is 2.32. The van der Waals surface area contributed by atoms with E-state index in [4.69, 9.17) is 9.47 Å². The lowest BCUT2D eigenvalue weighted by atomic mass is 9.84. The molecule has 9 nitrogen and oxygen atoms in total. The average molecular weight is 510 g/mol. The van der Waals surface area contributed by atoms with E-state index in [-0.39, 0.29) is 11.5 Å². The highest BCUT2D eigenvalue weighted by molar-refractivity contribution is 5.98. The molecule has 0 aliphatic rings. The predicted molar refractivity (Wildman–Crippen MR) is 149 cm³/mol. The average Bonchev–Trinajstić information content (AvgIpc) is 2.88. The molecular weight excluding hydrogens is 470 g/mol. The summed E-state index contributed by atoms with van der Waals surface area (Å²) in [6.07, 6.45) is 2.13. The molecule has 2 aromatic carbocycles. The summed E-state index contributed by atoms with van der Waals surface area (Å²) in [5.41, 5.74) is 2.50. The van der Waals surface area contributed by atoms with Gasteiger partial charge in [0.05, 0.1) is 12.8 Å². The normalized spacial score (nSPS) is 12.3. The molecule has 1 amide bonds.